The molecular weight excluding hydrogens is 332 g/mol. The van der Waals surface area contributed by atoms with Gasteiger partial charge in [0.2, 0.25) is 5.91 Å². The zero-order chi connectivity index (χ0) is 18.9. The number of carbonyl (C=O) groups is 2. The molecule has 1 fully saturated rings. The maximum Gasteiger partial charge on any atom is 0.253 e. The van der Waals surface area contributed by atoms with E-state index >= 15 is 0 Å². The quantitative estimate of drug-likeness (QED) is 0.676. The third kappa shape index (κ3) is 6.09. The van der Waals surface area contributed by atoms with Gasteiger partial charge in [0.15, 0.2) is 0 Å². The Labute approximate surface area is 155 Å². The van der Waals surface area contributed by atoms with Crippen LogP contribution in [0.2, 0.25) is 0 Å². The van der Waals surface area contributed by atoms with Crippen LogP contribution in [0.5, 0.6) is 0 Å². The van der Waals surface area contributed by atoms with Crippen molar-refractivity contribution in [3.63, 3.8) is 0 Å². The van der Waals surface area contributed by atoms with Gasteiger partial charge < -0.3 is 25.2 Å². The fourth-order valence-electron chi connectivity index (χ4n) is 3.10. The Hall–Kier alpha value is -1.96. The molecule has 1 saturated heterocycles. The van der Waals surface area contributed by atoms with E-state index in [2.05, 4.69) is 22.6 Å². The number of benzene rings is 1. The Morgan fingerprint density at radius 1 is 1.31 bits per heavy atom. The van der Waals surface area contributed by atoms with Gasteiger partial charge in [0, 0.05) is 44.5 Å². The van der Waals surface area contributed by atoms with E-state index in [-0.39, 0.29) is 24.4 Å². The molecule has 2 amide bonds. The number of rotatable bonds is 8. The molecule has 2 N–H and O–H groups in total. The highest BCUT2D eigenvalue weighted by atomic mass is 16.5. The van der Waals surface area contributed by atoms with Crippen LogP contribution in [0.3, 0.4) is 0 Å². The van der Waals surface area contributed by atoms with E-state index in [1.165, 1.54) is 0 Å². The van der Waals surface area contributed by atoms with Gasteiger partial charge in [-0.1, -0.05) is 0 Å². The van der Waals surface area contributed by atoms with E-state index in [0.29, 0.717) is 24.4 Å². The minimum atomic E-state index is -0.123. The highest BCUT2D eigenvalue weighted by Gasteiger charge is 2.25. The number of ether oxygens (including phenoxy) is 1. The molecule has 1 atom stereocenters. The molecule has 1 aromatic rings. The minimum absolute atomic E-state index is 0.0180. The van der Waals surface area contributed by atoms with Crippen LogP contribution in [0.25, 0.3) is 0 Å². The van der Waals surface area contributed by atoms with Crippen molar-refractivity contribution in [3.8, 4) is 0 Å². The van der Waals surface area contributed by atoms with Gasteiger partial charge in [0.25, 0.3) is 5.91 Å². The molecule has 0 aliphatic carbocycles. The minimum Gasteiger partial charge on any atom is -0.383 e. The van der Waals surface area contributed by atoms with Gasteiger partial charge in [-0.05, 0) is 50.7 Å². The van der Waals surface area contributed by atoms with Crippen LogP contribution < -0.4 is 10.6 Å². The van der Waals surface area contributed by atoms with Crippen molar-refractivity contribution in [2.75, 3.05) is 59.3 Å². The largest absolute Gasteiger partial charge is 0.383 e. The number of methoxy groups -OCH3 is 1. The predicted octanol–water partition coefficient (Wildman–Crippen LogP) is 1.03. The Morgan fingerprint density at radius 2 is 2.04 bits per heavy atom. The summed E-state index contributed by atoms with van der Waals surface area (Å²) in [6.07, 6.45) is 2.15. The number of likely N-dealkylation sites (N-methyl/N-ethyl adjacent to an activating group) is 2. The van der Waals surface area contributed by atoms with E-state index in [4.69, 9.17) is 4.74 Å². The molecule has 7 heteroatoms. The number of nitrogens with one attached hydrogen (secondary N) is 2. The molecule has 0 saturated carbocycles. The smallest absolute Gasteiger partial charge is 0.253 e. The first-order valence-electron chi connectivity index (χ1n) is 9.06. The van der Waals surface area contributed by atoms with E-state index in [1.807, 2.05) is 11.9 Å². The van der Waals surface area contributed by atoms with E-state index in [1.54, 1.807) is 31.4 Å². The predicted molar refractivity (Wildman–Crippen MR) is 102 cm³/mol. The van der Waals surface area contributed by atoms with Gasteiger partial charge in [-0.2, -0.15) is 0 Å². The van der Waals surface area contributed by atoms with Crippen molar-refractivity contribution in [2.24, 2.45) is 0 Å². The maximum atomic E-state index is 12.7. The zero-order valence-electron chi connectivity index (χ0n) is 16.0. The summed E-state index contributed by atoms with van der Waals surface area (Å²) in [7, 11) is 5.58. The third-order valence-corrected chi connectivity index (χ3v) is 4.65. The first-order chi connectivity index (χ1) is 12.5. The molecule has 0 radical (unpaired) electrons. The zero-order valence-corrected chi connectivity index (χ0v) is 16.0. The van der Waals surface area contributed by atoms with Crippen LogP contribution in [0.15, 0.2) is 24.3 Å². The van der Waals surface area contributed by atoms with Crippen LogP contribution in [-0.2, 0) is 9.53 Å². The molecule has 1 heterocycles. The van der Waals surface area contributed by atoms with E-state index in [0.717, 1.165) is 25.9 Å². The second-order valence-electron chi connectivity index (χ2n) is 6.77. The number of hydrogen-bond donors (Lipinski definition) is 2. The van der Waals surface area contributed by atoms with Crippen LogP contribution in [-0.4, -0.2) is 81.6 Å². The summed E-state index contributed by atoms with van der Waals surface area (Å²) in [5.41, 5.74) is 1.32. The van der Waals surface area contributed by atoms with E-state index in [9.17, 15) is 9.59 Å². The lowest BCUT2D eigenvalue weighted by molar-refractivity contribution is -0.115. The van der Waals surface area contributed by atoms with Crippen LogP contribution >= 0.6 is 0 Å². The van der Waals surface area contributed by atoms with Crippen molar-refractivity contribution in [3.05, 3.63) is 29.8 Å². The maximum absolute atomic E-state index is 12.7. The van der Waals surface area contributed by atoms with Crippen molar-refractivity contribution in [1.29, 1.82) is 0 Å². The summed E-state index contributed by atoms with van der Waals surface area (Å²) in [6, 6.07) is 7.31. The second kappa shape index (κ2) is 10.3. The van der Waals surface area contributed by atoms with Crippen LogP contribution in [0.4, 0.5) is 5.69 Å². The van der Waals surface area contributed by atoms with Crippen molar-refractivity contribution in [1.82, 2.24) is 15.1 Å². The number of likely N-dealkylation sites (tertiary alicyclic amines) is 1. The molecule has 0 bridgehead atoms. The highest BCUT2D eigenvalue weighted by Crippen LogP contribution is 2.17. The van der Waals surface area contributed by atoms with Crippen LogP contribution in [0.1, 0.15) is 23.2 Å². The molecule has 26 heavy (non-hydrogen) atoms. The summed E-state index contributed by atoms with van der Waals surface area (Å²) in [5, 5.41) is 5.80. The summed E-state index contributed by atoms with van der Waals surface area (Å²) in [5.74, 6) is -0.105. The third-order valence-electron chi connectivity index (χ3n) is 4.65. The molecule has 1 aromatic carbocycles. The summed E-state index contributed by atoms with van der Waals surface area (Å²) < 4.78 is 4.91. The van der Waals surface area contributed by atoms with Crippen molar-refractivity contribution < 1.29 is 14.3 Å². The SMILES string of the molecule is COCCNCC(=O)Nc1ccc(C(=O)N(C)C2CCCN(C)C2)cc1. The molecular formula is C19H30N4O3. The number of hydrogen-bond acceptors (Lipinski definition) is 5. The van der Waals surface area contributed by atoms with Crippen molar-refractivity contribution in [2.45, 2.75) is 18.9 Å². The highest BCUT2D eigenvalue weighted by molar-refractivity contribution is 5.96. The average Bonchev–Trinajstić information content (AvgIpc) is 2.65. The molecule has 0 aromatic heterocycles. The second-order valence-corrected chi connectivity index (χ2v) is 6.77. The first kappa shape index (κ1) is 20.4. The molecule has 144 valence electrons. The number of carbonyl (C=O) groups excluding carboxylic acids is 2. The van der Waals surface area contributed by atoms with Crippen molar-refractivity contribution >= 4 is 17.5 Å². The lowest BCUT2D eigenvalue weighted by Gasteiger charge is -2.35. The van der Waals surface area contributed by atoms with E-state index < -0.39 is 0 Å². The van der Waals surface area contributed by atoms with Gasteiger partial charge in [0.1, 0.15) is 0 Å². The fourth-order valence-corrected chi connectivity index (χ4v) is 3.10. The Balaban J connectivity index is 1.85. The first-order valence-corrected chi connectivity index (χ1v) is 9.06. The number of amides is 2. The Bertz CT molecular complexity index is 591. The lowest BCUT2D eigenvalue weighted by Crippen LogP contribution is -2.47. The summed E-state index contributed by atoms with van der Waals surface area (Å²) >= 11 is 0. The van der Waals surface area contributed by atoms with Gasteiger partial charge in [-0.15, -0.1) is 0 Å². The number of anilines is 1. The summed E-state index contributed by atoms with van der Waals surface area (Å²) in [4.78, 5) is 28.6. The fraction of sp³-hybridized carbons (Fsp3) is 0.579. The molecule has 7 nitrogen and oxygen atoms in total. The normalized spacial score (nSPS) is 17.7. The standard InChI is InChI=1S/C19H30N4O3/c1-22-11-4-5-17(14-22)23(2)19(25)15-6-8-16(9-7-15)21-18(24)13-20-10-12-26-3/h6-9,17,20H,4-5,10-14H2,1-3H3,(H,21,24). The van der Waals surface area contributed by atoms with Gasteiger partial charge >= 0.3 is 0 Å². The molecule has 1 aliphatic rings. The molecule has 2 rings (SSSR count). The van der Waals surface area contributed by atoms with Crippen LogP contribution in [0, 0.1) is 0 Å². The van der Waals surface area contributed by atoms with Gasteiger partial charge in [0.05, 0.1) is 13.2 Å². The number of nitrogens with zero attached hydrogens (tertiary/aromatic N) is 2. The van der Waals surface area contributed by atoms with Gasteiger partial charge in [-0.3, -0.25) is 9.59 Å². The molecule has 1 aliphatic heterocycles. The Morgan fingerprint density at radius 3 is 2.69 bits per heavy atom. The van der Waals surface area contributed by atoms with Gasteiger partial charge in [-0.25, -0.2) is 0 Å². The average molecular weight is 362 g/mol. The molecule has 1 unspecified atom stereocenters. The topological polar surface area (TPSA) is 73.9 Å². The Kier molecular flexibility index (Phi) is 8.03. The monoisotopic (exact) mass is 362 g/mol. The molecule has 0 spiro atoms. The number of piperidine rings is 1. The summed E-state index contributed by atoms with van der Waals surface area (Å²) in [6.45, 7) is 3.41. The lowest BCUT2D eigenvalue weighted by atomic mass is 10.0.